The first-order chi connectivity index (χ1) is 8.59. The number of aromatic nitrogens is 2. The lowest BCUT2D eigenvalue weighted by atomic mass is 9.97. The number of aryl methyl sites for hydroxylation is 1. The van der Waals surface area contributed by atoms with E-state index in [-0.39, 0.29) is 0 Å². The van der Waals surface area contributed by atoms with Gasteiger partial charge in [0.1, 0.15) is 5.82 Å². The molecule has 1 rings (SSSR count). The summed E-state index contributed by atoms with van der Waals surface area (Å²) < 4.78 is 7.01. The van der Waals surface area contributed by atoms with Crippen LogP contribution in [0.1, 0.15) is 26.1 Å². The number of aliphatic hydroxyl groups is 1. The topological polar surface area (TPSA) is 59.3 Å². The second-order valence-electron chi connectivity index (χ2n) is 4.80. The smallest absolute Gasteiger partial charge is 0.111 e. The zero-order chi connectivity index (χ0) is 13.4. The van der Waals surface area contributed by atoms with E-state index >= 15 is 0 Å². The minimum Gasteiger partial charge on any atom is -0.390 e. The zero-order valence-corrected chi connectivity index (χ0v) is 11.6. The summed E-state index contributed by atoms with van der Waals surface area (Å²) in [7, 11) is 1.68. The highest BCUT2D eigenvalue weighted by molar-refractivity contribution is 4.97. The second-order valence-corrected chi connectivity index (χ2v) is 4.80. The van der Waals surface area contributed by atoms with Gasteiger partial charge in [0.15, 0.2) is 0 Å². The quantitative estimate of drug-likeness (QED) is 0.642. The lowest BCUT2D eigenvalue weighted by molar-refractivity contribution is 0.0482. The first-order valence-corrected chi connectivity index (χ1v) is 6.51. The lowest BCUT2D eigenvalue weighted by Gasteiger charge is -2.23. The van der Waals surface area contributed by atoms with Crippen LogP contribution in [0.4, 0.5) is 0 Å². The minimum atomic E-state index is -0.724. The molecule has 0 radical (unpaired) electrons. The summed E-state index contributed by atoms with van der Waals surface area (Å²) in [6, 6.07) is 0. The number of imidazole rings is 1. The maximum Gasteiger partial charge on any atom is 0.111 e. The van der Waals surface area contributed by atoms with E-state index in [0.717, 1.165) is 25.5 Å². The third-order valence-corrected chi connectivity index (χ3v) is 3.00. The van der Waals surface area contributed by atoms with Crippen molar-refractivity contribution in [3.63, 3.8) is 0 Å². The van der Waals surface area contributed by atoms with Crippen LogP contribution in [-0.4, -0.2) is 47.1 Å². The molecule has 1 aromatic rings. The van der Waals surface area contributed by atoms with Crippen LogP contribution in [0.25, 0.3) is 0 Å². The Kier molecular flexibility index (Phi) is 6.32. The molecule has 0 aromatic carbocycles. The van der Waals surface area contributed by atoms with Crippen LogP contribution in [-0.2, 0) is 17.7 Å². The van der Waals surface area contributed by atoms with Gasteiger partial charge in [0.25, 0.3) is 0 Å². The van der Waals surface area contributed by atoms with Crippen LogP contribution in [0.2, 0.25) is 0 Å². The van der Waals surface area contributed by atoms with E-state index in [9.17, 15) is 5.11 Å². The Morgan fingerprint density at radius 3 is 2.94 bits per heavy atom. The fourth-order valence-corrected chi connectivity index (χ4v) is 1.88. The highest BCUT2D eigenvalue weighted by atomic mass is 16.5. The molecule has 1 aromatic heterocycles. The van der Waals surface area contributed by atoms with Gasteiger partial charge in [-0.2, -0.15) is 0 Å². The van der Waals surface area contributed by atoms with Gasteiger partial charge < -0.3 is 19.7 Å². The van der Waals surface area contributed by atoms with Crippen LogP contribution in [0.5, 0.6) is 0 Å². The molecular weight excluding hydrogens is 230 g/mol. The van der Waals surface area contributed by atoms with Crippen molar-refractivity contribution < 1.29 is 9.84 Å². The number of rotatable bonds is 9. The number of hydrogen-bond acceptors (Lipinski definition) is 4. The van der Waals surface area contributed by atoms with E-state index in [0.29, 0.717) is 19.4 Å². The average molecular weight is 255 g/mol. The predicted octanol–water partition coefficient (Wildman–Crippen LogP) is 0.823. The molecule has 18 heavy (non-hydrogen) atoms. The average Bonchev–Trinajstić information content (AvgIpc) is 2.75. The third kappa shape index (κ3) is 5.16. The van der Waals surface area contributed by atoms with Crippen molar-refractivity contribution in [3.05, 3.63) is 18.2 Å². The van der Waals surface area contributed by atoms with Gasteiger partial charge in [-0.05, 0) is 26.8 Å². The zero-order valence-electron chi connectivity index (χ0n) is 11.6. The molecule has 0 saturated heterocycles. The van der Waals surface area contributed by atoms with Crippen LogP contribution in [0.3, 0.4) is 0 Å². The molecule has 5 nitrogen and oxygen atoms in total. The molecule has 0 aliphatic heterocycles. The molecule has 0 spiro atoms. The Morgan fingerprint density at radius 1 is 1.50 bits per heavy atom. The second kappa shape index (κ2) is 7.51. The maximum atomic E-state index is 10.3. The standard InChI is InChI=1S/C13H25N3O2/c1-4-16-9-7-15-12(16)11-13(2,17)5-6-14-8-10-18-3/h7,9,14,17H,4-6,8,10-11H2,1-3H3. The molecule has 1 atom stereocenters. The summed E-state index contributed by atoms with van der Waals surface area (Å²) in [5.74, 6) is 0.944. The molecule has 1 unspecified atom stereocenters. The summed E-state index contributed by atoms with van der Waals surface area (Å²) in [6.07, 6.45) is 5.01. The molecule has 0 bridgehead atoms. The van der Waals surface area contributed by atoms with Crippen LogP contribution in [0, 0.1) is 0 Å². The van der Waals surface area contributed by atoms with E-state index in [2.05, 4.69) is 21.8 Å². The van der Waals surface area contributed by atoms with Crippen LogP contribution in [0.15, 0.2) is 12.4 Å². The van der Waals surface area contributed by atoms with E-state index in [1.807, 2.05) is 13.1 Å². The predicted molar refractivity (Wildman–Crippen MR) is 71.6 cm³/mol. The molecular formula is C13H25N3O2. The normalized spacial score (nSPS) is 14.7. The summed E-state index contributed by atoms with van der Waals surface area (Å²) >= 11 is 0. The van der Waals surface area contributed by atoms with Gasteiger partial charge in [-0.25, -0.2) is 4.98 Å². The van der Waals surface area contributed by atoms with Gasteiger partial charge in [-0.1, -0.05) is 0 Å². The highest BCUT2D eigenvalue weighted by Crippen LogP contribution is 2.15. The van der Waals surface area contributed by atoms with E-state index < -0.39 is 5.60 Å². The number of hydrogen-bond donors (Lipinski definition) is 2. The van der Waals surface area contributed by atoms with Gasteiger partial charge in [0, 0.05) is 39.0 Å². The number of ether oxygens (including phenoxy) is 1. The Labute approximate surface area is 109 Å². The van der Waals surface area contributed by atoms with Gasteiger partial charge in [-0.3, -0.25) is 0 Å². The first kappa shape index (κ1) is 15.1. The van der Waals surface area contributed by atoms with Gasteiger partial charge in [0.05, 0.1) is 12.2 Å². The van der Waals surface area contributed by atoms with Gasteiger partial charge >= 0.3 is 0 Å². The number of methoxy groups -OCH3 is 1. The van der Waals surface area contributed by atoms with Crippen molar-refractivity contribution in [1.29, 1.82) is 0 Å². The minimum absolute atomic E-state index is 0.583. The van der Waals surface area contributed by atoms with E-state index in [1.165, 1.54) is 0 Å². The molecule has 0 amide bonds. The largest absolute Gasteiger partial charge is 0.390 e. The fraction of sp³-hybridized carbons (Fsp3) is 0.769. The van der Waals surface area contributed by atoms with E-state index in [1.54, 1.807) is 13.3 Å². The number of nitrogens with one attached hydrogen (secondary N) is 1. The SMILES string of the molecule is CCn1ccnc1CC(C)(O)CCNCCOC. The van der Waals surface area contributed by atoms with Crippen molar-refractivity contribution in [2.24, 2.45) is 0 Å². The molecule has 0 aliphatic rings. The Morgan fingerprint density at radius 2 is 2.28 bits per heavy atom. The molecule has 0 saturated carbocycles. The monoisotopic (exact) mass is 255 g/mol. The van der Waals surface area contributed by atoms with Crippen molar-refractivity contribution in [3.8, 4) is 0 Å². The number of nitrogens with zero attached hydrogens (tertiary/aromatic N) is 2. The summed E-state index contributed by atoms with van der Waals surface area (Å²) in [6.45, 7) is 7.12. The van der Waals surface area contributed by atoms with Crippen LogP contribution < -0.4 is 5.32 Å². The van der Waals surface area contributed by atoms with Crippen molar-refractivity contribution in [2.45, 2.75) is 38.8 Å². The van der Waals surface area contributed by atoms with Crippen molar-refractivity contribution in [1.82, 2.24) is 14.9 Å². The third-order valence-electron chi connectivity index (χ3n) is 3.00. The highest BCUT2D eigenvalue weighted by Gasteiger charge is 2.22. The molecule has 0 aliphatic carbocycles. The lowest BCUT2D eigenvalue weighted by Crippen LogP contribution is -2.34. The summed E-state index contributed by atoms with van der Waals surface area (Å²) in [4.78, 5) is 4.29. The molecule has 5 heteroatoms. The maximum absolute atomic E-state index is 10.3. The first-order valence-electron chi connectivity index (χ1n) is 6.51. The van der Waals surface area contributed by atoms with Crippen LogP contribution >= 0.6 is 0 Å². The summed E-state index contributed by atoms with van der Waals surface area (Å²) in [5, 5.41) is 13.6. The Hall–Kier alpha value is -0.910. The molecule has 1 heterocycles. The summed E-state index contributed by atoms with van der Waals surface area (Å²) in [5.41, 5.74) is -0.724. The fourth-order valence-electron chi connectivity index (χ4n) is 1.88. The van der Waals surface area contributed by atoms with E-state index in [4.69, 9.17) is 4.74 Å². The molecule has 0 fully saturated rings. The van der Waals surface area contributed by atoms with Gasteiger partial charge in [0.2, 0.25) is 0 Å². The molecule has 104 valence electrons. The van der Waals surface area contributed by atoms with Crippen molar-refractivity contribution >= 4 is 0 Å². The molecule has 2 N–H and O–H groups in total. The Balaban J connectivity index is 2.34. The van der Waals surface area contributed by atoms with Crippen molar-refractivity contribution in [2.75, 3.05) is 26.8 Å². The van der Waals surface area contributed by atoms with Gasteiger partial charge in [-0.15, -0.1) is 0 Å². The Bertz CT molecular complexity index is 337.